The monoisotopic (exact) mass is 365 g/mol. The van der Waals surface area contributed by atoms with Gasteiger partial charge in [-0.3, -0.25) is 4.79 Å². The van der Waals surface area contributed by atoms with Crippen LogP contribution in [0.1, 0.15) is 17.3 Å². The van der Waals surface area contributed by atoms with Gasteiger partial charge in [-0.15, -0.1) is 0 Å². The molecule has 3 aromatic carbocycles. The topological polar surface area (TPSA) is 56.8 Å². The van der Waals surface area contributed by atoms with Gasteiger partial charge in [-0.05, 0) is 54.1 Å². The quantitative estimate of drug-likeness (QED) is 0.686. The number of carbonyl (C=O) groups is 1. The Hall–Kier alpha value is -3.21. The fraction of sp³-hybridized carbons (Fsp3) is 0.227. The first-order valence-electron chi connectivity index (χ1n) is 8.75. The van der Waals surface area contributed by atoms with Crippen molar-refractivity contribution in [3.63, 3.8) is 0 Å². The van der Waals surface area contributed by atoms with Gasteiger partial charge in [0.2, 0.25) is 0 Å². The van der Waals surface area contributed by atoms with Gasteiger partial charge in [0.15, 0.2) is 0 Å². The molecule has 0 bridgehead atoms. The standard InChI is InChI=1S/C22H23NO4/c1-15(14-27-19-10-8-18(25-2)9-11-19)23-22(24)20-12-16-6-4-5-7-17(16)13-21(20)26-3/h4-13,15H,14H2,1-3H3,(H,23,24)/t15-/m0/s1. The van der Waals surface area contributed by atoms with E-state index in [1.807, 2.05) is 67.6 Å². The molecule has 3 aromatic rings. The van der Waals surface area contributed by atoms with Crippen LogP contribution in [0.25, 0.3) is 10.8 Å². The highest BCUT2D eigenvalue weighted by Gasteiger charge is 2.16. The van der Waals surface area contributed by atoms with Crippen LogP contribution in [0.5, 0.6) is 17.2 Å². The lowest BCUT2D eigenvalue weighted by atomic mass is 10.1. The zero-order chi connectivity index (χ0) is 19.2. The SMILES string of the molecule is COc1ccc(OC[C@H](C)NC(=O)c2cc3ccccc3cc2OC)cc1. The minimum Gasteiger partial charge on any atom is -0.497 e. The second kappa shape index (κ2) is 8.45. The third-order valence-electron chi connectivity index (χ3n) is 4.25. The number of carbonyl (C=O) groups excluding carboxylic acids is 1. The van der Waals surface area contributed by atoms with E-state index in [0.29, 0.717) is 17.9 Å². The second-order valence-corrected chi connectivity index (χ2v) is 6.26. The fourth-order valence-electron chi connectivity index (χ4n) is 2.80. The lowest BCUT2D eigenvalue weighted by Gasteiger charge is -2.17. The minimum absolute atomic E-state index is 0.171. The van der Waals surface area contributed by atoms with Gasteiger partial charge in [0.05, 0.1) is 25.8 Å². The van der Waals surface area contributed by atoms with Gasteiger partial charge in [-0.1, -0.05) is 24.3 Å². The summed E-state index contributed by atoms with van der Waals surface area (Å²) < 4.78 is 16.3. The number of nitrogens with one attached hydrogen (secondary N) is 1. The maximum Gasteiger partial charge on any atom is 0.255 e. The van der Waals surface area contributed by atoms with E-state index >= 15 is 0 Å². The third kappa shape index (κ3) is 4.50. The van der Waals surface area contributed by atoms with Crippen molar-refractivity contribution in [3.8, 4) is 17.2 Å². The van der Waals surface area contributed by atoms with Crippen molar-refractivity contribution in [2.45, 2.75) is 13.0 Å². The van der Waals surface area contributed by atoms with Gasteiger partial charge in [0.1, 0.15) is 23.9 Å². The average molecular weight is 365 g/mol. The third-order valence-corrected chi connectivity index (χ3v) is 4.25. The summed E-state index contributed by atoms with van der Waals surface area (Å²) >= 11 is 0. The van der Waals surface area contributed by atoms with Crippen LogP contribution >= 0.6 is 0 Å². The molecule has 3 rings (SSSR count). The molecule has 0 saturated heterocycles. The Labute approximate surface area is 158 Å². The fourth-order valence-corrected chi connectivity index (χ4v) is 2.80. The highest BCUT2D eigenvalue weighted by atomic mass is 16.5. The maximum atomic E-state index is 12.7. The zero-order valence-corrected chi connectivity index (χ0v) is 15.7. The summed E-state index contributed by atoms with van der Waals surface area (Å²) in [4.78, 5) is 12.7. The van der Waals surface area contributed by atoms with E-state index in [1.54, 1.807) is 14.2 Å². The second-order valence-electron chi connectivity index (χ2n) is 6.26. The van der Waals surface area contributed by atoms with E-state index in [4.69, 9.17) is 14.2 Å². The Morgan fingerprint density at radius 3 is 2.19 bits per heavy atom. The minimum atomic E-state index is -0.191. The first-order valence-corrected chi connectivity index (χ1v) is 8.75. The van der Waals surface area contributed by atoms with E-state index in [9.17, 15) is 4.79 Å². The molecule has 5 heteroatoms. The van der Waals surface area contributed by atoms with Gasteiger partial charge in [0.25, 0.3) is 5.91 Å². The van der Waals surface area contributed by atoms with Crippen molar-refractivity contribution in [3.05, 3.63) is 66.2 Å². The Bertz CT molecular complexity index is 921. The lowest BCUT2D eigenvalue weighted by Crippen LogP contribution is -2.37. The van der Waals surface area contributed by atoms with Crippen molar-refractivity contribution in [1.82, 2.24) is 5.32 Å². The summed E-state index contributed by atoms with van der Waals surface area (Å²) in [6, 6.07) is 18.8. The van der Waals surface area contributed by atoms with Gasteiger partial charge in [0, 0.05) is 0 Å². The van der Waals surface area contributed by atoms with Crippen molar-refractivity contribution in [2.24, 2.45) is 0 Å². The number of hydrogen-bond donors (Lipinski definition) is 1. The number of amides is 1. The molecule has 0 aliphatic heterocycles. The number of hydrogen-bond acceptors (Lipinski definition) is 4. The highest BCUT2D eigenvalue weighted by Crippen LogP contribution is 2.26. The smallest absolute Gasteiger partial charge is 0.255 e. The molecule has 1 N–H and O–H groups in total. The first kappa shape index (κ1) is 18.6. The molecular formula is C22H23NO4. The Balaban J connectivity index is 1.66. The van der Waals surface area contributed by atoms with E-state index in [0.717, 1.165) is 22.3 Å². The van der Waals surface area contributed by atoms with Crippen LogP contribution in [0.4, 0.5) is 0 Å². The zero-order valence-electron chi connectivity index (χ0n) is 15.7. The summed E-state index contributed by atoms with van der Waals surface area (Å²) in [5.41, 5.74) is 0.507. The van der Waals surface area contributed by atoms with Crippen LogP contribution in [0.3, 0.4) is 0 Å². The number of methoxy groups -OCH3 is 2. The molecule has 0 aromatic heterocycles. The Kier molecular flexibility index (Phi) is 5.81. The first-order chi connectivity index (χ1) is 13.1. The van der Waals surface area contributed by atoms with E-state index < -0.39 is 0 Å². The van der Waals surface area contributed by atoms with Gasteiger partial charge < -0.3 is 19.5 Å². The van der Waals surface area contributed by atoms with Crippen LogP contribution in [0.15, 0.2) is 60.7 Å². The molecule has 1 amide bonds. The largest absolute Gasteiger partial charge is 0.497 e. The summed E-state index contributed by atoms with van der Waals surface area (Å²) in [6.45, 7) is 2.25. The summed E-state index contributed by atoms with van der Waals surface area (Å²) in [7, 11) is 3.19. The van der Waals surface area contributed by atoms with Crippen molar-refractivity contribution in [1.29, 1.82) is 0 Å². The normalized spacial score (nSPS) is 11.7. The molecule has 5 nitrogen and oxygen atoms in total. The van der Waals surface area contributed by atoms with Gasteiger partial charge >= 0.3 is 0 Å². The number of benzene rings is 3. The summed E-state index contributed by atoms with van der Waals surface area (Å²) in [6.07, 6.45) is 0. The number of fused-ring (bicyclic) bond motifs is 1. The summed E-state index contributed by atoms with van der Waals surface area (Å²) in [5, 5.41) is 4.98. The molecule has 0 unspecified atom stereocenters. The molecule has 1 atom stereocenters. The lowest BCUT2D eigenvalue weighted by molar-refractivity contribution is 0.0924. The van der Waals surface area contributed by atoms with Crippen LogP contribution in [0.2, 0.25) is 0 Å². The Morgan fingerprint density at radius 1 is 0.926 bits per heavy atom. The molecule has 0 heterocycles. The Morgan fingerprint density at radius 2 is 1.56 bits per heavy atom. The average Bonchev–Trinajstić information content (AvgIpc) is 2.71. The number of rotatable bonds is 7. The van der Waals surface area contributed by atoms with Crippen LogP contribution in [0, 0.1) is 0 Å². The maximum absolute atomic E-state index is 12.7. The molecule has 0 aliphatic rings. The van der Waals surface area contributed by atoms with Crippen LogP contribution < -0.4 is 19.5 Å². The summed E-state index contributed by atoms with van der Waals surface area (Å²) in [5.74, 6) is 1.85. The molecular weight excluding hydrogens is 342 g/mol. The van der Waals surface area contributed by atoms with Crippen molar-refractivity contribution >= 4 is 16.7 Å². The molecule has 140 valence electrons. The predicted molar refractivity (Wildman–Crippen MR) is 106 cm³/mol. The van der Waals surface area contributed by atoms with E-state index in [1.165, 1.54) is 0 Å². The molecule has 27 heavy (non-hydrogen) atoms. The molecule has 0 radical (unpaired) electrons. The predicted octanol–water partition coefficient (Wildman–Crippen LogP) is 4.05. The number of ether oxygens (including phenoxy) is 3. The highest BCUT2D eigenvalue weighted by molar-refractivity contribution is 6.01. The van der Waals surface area contributed by atoms with Crippen molar-refractivity contribution < 1.29 is 19.0 Å². The molecule has 0 fully saturated rings. The molecule has 0 saturated carbocycles. The van der Waals surface area contributed by atoms with Gasteiger partial charge in [-0.2, -0.15) is 0 Å². The van der Waals surface area contributed by atoms with E-state index in [2.05, 4.69) is 5.32 Å². The van der Waals surface area contributed by atoms with E-state index in [-0.39, 0.29) is 11.9 Å². The van der Waals surface area contributed by atoms with Crippen LogP contribution in [-0.4, -0.2) is 32.8 Å². The molecule has 0 aliphatic carbocycles. The molecule has 0 spiro atoms. The van der Waals surface area contributed by atoms with Gasteiger partial charge in [-0.25, -0.2) is 0 Å². The van der Waals surface area contributed by atoms with Crippen LogP contribution in [-0.2, 0) is 0 Å². The van der Waals surface area contributed by atoms with Crippen molar-refractivity contribution in [2.75, 3.05) is 20.8 Å².